The molecule has 1 amide bonds. The Morgan fingerprint density at radius 2 is 2.13 bits per heavy atom. The number of halogens is 1. The highest BCUT2D eigenvalue weighted by Crippen LogP contribution is 2.24. The topological polar surface area (TPSA) is 63.9 Å². The van der Waals surface area contributed by atoms with Crippen molar-refractivity contribution in [1.82, 2.24) is 25.1 Å². The molecule has 2 heterocycles. The van der Waals surface area contributed by atoms with Gasteiger partial charge in [0.2, 0.25) is 0 Å². The van der Waals surface area contributed by atoms with Crippen LogP contribution in [0.1, 0.15) is 22.2 Å². The molecule has 0 aliphatic carbocycles. The SMILES string of the molecule is CCN(Cc1ccc(Cl)s1)C(=O)c1ccccc1-n1cnnn1. The Morgan fingerprint density at radius 3 is 2.78 bits per heavy atom. The number of hydrogen-bond acceptors (Lipinski definition) is 5. The van der Waals surface area contributed by atoms with Gasteiger partial charge in [-0.1, -0.05) is 23.7 Å². The predicted octanol–water partition coefficient (Wildman–Crippen LogP) is 3.04. The molecule has 0 aliphatic heterocycles. The van der Waals surface area contributed by atoms with Crippen LogP contribution < -0.4 is 0 Å². The van der Waals surface area contributed by atoms with Crippen LogP contribution in [0.2, 0.25) is 4.34 Å². The molecule has 0 spiro atoms. The third kappa shape index (κ3) is 3.40. The molecule has 3 rings (SSSR count). The fraction of sp³-hybridized carbons (Fsp3) is 0.200. The lowest BCUT2D eigenvalue weighted by Crippen LogP contribution is -2.30. The standard InChI is InChI=1S/C15H14ClN5OS/c1-2-20(9-11-7-8-14(16)23-11)15(22)12-5-3-4-6-13(12)21-10-17-18-19-21/h3-8,10H,2,9H2,1H3. The molecule has 118 valence electrons. The molecule has 1 aromatic carbocycles. The number of amides is 1. The molecule has 6 nitrogen and oxygen atoms in total. The molecule has 8 heteroatoms. The van der Waals surface area contributed by atoms with E-state index in [9.17, 15) is 4.79 Å². The quantitative estimate of drug-likeness (QED) is 0.711. The van der Waals surface area contributed by atoms with Crippen LogP contribution in [0.4, 0.5) is 0 Å². The maximum Gasteiger partial charge on any atom is 0.256 e. The van der Waals surface area contributed by atoms with Crippen LogP contribution in [0.25, 0.3) is 5.69 Å². The van der Waals surface area contributed by atoms with Crippen LogP contribution in [0.15, 0.2) is 42.7 Å². The second-order valence-corrected chi connectivity index (χ2v) is 6.60. The Hall–Kier alpha value is -2.25. The smallest absolute Gasteiger partial charge is 0.256 e. The van der Waals surface area contributed by atoms with E-state index < -0.39 is 0 Å². The number of rotatable bonds is 5. The van der Waals surface area contributed by atoms with E-state index in [0.717, 1.165) is 9.21 Å². The summed E-state index contributed by atoms with van der Waals surface area (Å²) in [6, 6.07) is 11.1. The van der Waals surface area contributed by atoms with Crippen molar-refractivity contribution >= 4 is 28.8 Å². The Labute approximate surface area is 142 Å². The normalized spacial score (nSPS) is 10.7. The van der Waals surface area contributed by atoms with Gasteiger partial charge in [-0.05, 0) is 41.6 Å². The fourth-order valence-corrected chi connectivity index (χ4v) is 3.35. The van der Waals surface area contributed by atoms with E-state index in [-0.39, 0.29) is 5.91 Å². The minimum atomic E-state index is -0.0666. The number of tetrazole rings is 1. The monoisotopic (exact) mass is 347 g/mol. The highest BCUT2D eigenvalue weighted by molar-refractivity contribution is 7.16. The van der Waals surface area contributed by atoms with Crippen LogP contribution in [0.3, 0.4) is 0 Å². The maximum absolute atomic E-state index is 12.9. The molecular formula is C15H14ClN5OS. The Morgan fingerprint density at radius 1 is 1.30 bits per heavy atom. The molecular weight excluding hydrogens is 334 g/mol. The maximum atomic E-state index is 12.9. The van der Waals surface area contributed by atoms with Crippen molar-refractivity contribution < 1.29 is 4.79 Å². The molecule has 2 aromatic heterocycles. The van der Waals surface area contributed by atoms with Gasteiger partial charge >= 0.3 is 0 Å². The van der Waals surface area contributed by atoms with Crippen LogP contribution in [-0.4, -0.2) is 37.6 Å². The minimum Gasteiger partial charge on any atom is -0.334 e. The van der Waals surface area contributed by atoms with Crippen LogP contribution in [0, 0.1) is 0 Å². The fourth-order valence-electron chi connectivity index (χ4n) is 2.25. The van der Waals surface area contributed by atoms with Crippen molar-refractivity contribution in [3.63, 3.8) is 0 Å². The second-order valence-electron chi connectivity index (χ2n) is 4.80. The predicted molar refractivity (Wildman–Crippen MR) is 88.9 cm³/mol. The summed E-state index contributed by atoms with van der Waals surface area (Å²) in [4.78, 5) is 15.7. The van der Waals surface area contributed by atoms with Crippen LogP contribution >= 0.6 is 22.9 Å². The van der Waals surface area contributed by atoms with Crippen LogP contribution in [-0.2, 0) is 6.54 Å². The first-order valence-corrected chi connectivity index (χ1v) is 8.24. The lowest BCUT2D eigenvalue weighted by molar-refractivity contribution is 0.0754. The summed E-state index contributed by atoms with van der Waals surface area (Å²) in [6.07, 6.45) is 1.47. The largest absolute Gasteiger partial charge is 0.334 e. The first-order valence-electron chi connectivity index (χ1n) is 7.05. The zero-order valence-electron chi connectivity index (χ0n) is 12.4. The van der Waals surface area contributed by atoms with E-state index in [1.54, 1.807) is 11.0 Å². The average Bonchev–Trinajstić information content (AvgIpc) is 3.23. The zero-order chi connectivity index (χ0) is 16.2. The van der Waals surface area contributed by atoms with Gasteiger partial charge in [-0.3, -0.25) is 4.79 Å². The molecule has 3 aromatic rings. The van der Waals surface area contributed by atoms with Crippen molar-refractivity contribution in [1.29, 1.82) is 0 Å². The lowest BCUT2D eigenvalue weighted by Gasteiger charge is -2.21. The Kier molecular flexibility index (Phi) is 4.68. The number of nitrogens with zero attached hydrogens (tertiary/aromatic N) is 5. The Bertz CT molecular complexity index is 802. The van der Waals surface area contributed by atoms with Gasteiger partial charge in [0.25, 0.3) is 5.91 Å². The van der Waals surface area contributed by atoms with Gasteiger partial charge in [-0.2, -0.15) is 4.68 Å². The summed E-state index contributed by atoms with van der Waals surface area (Å²) in [7, 11) is 0. The third-order valence-corrected chi connectivity index (χ3v) is 4.59. The number of carbonyl (C=O) groups excluding carboxylic acids is 1. The number of thiophene rings is 1. The van der Waals surface area contributed by atoms with Crippen molar-refractivity contribution in [2.24, 2.45) is 0 Å². The molecule has 0 radical (unpaired) electrons. The third-order valence-electron chi connectivity index (χ3n) is 3.37. The summed E-state index contributed by atoms with van der Waals surface area (Å²) >= 11 is 7.45. The van der Waals surface area contributed by atoms with Gasteiger partial charge in [0.05, 0.1) is 22.1 Å². The number of para-hydroxylation sites is 1. The van der Waals surface area contributed by atoms with Crippen molar-refractivity contribution in [3.8, 4) is 5.69 Å². The zero-order valence-corrected chi connectivity index (χ0v) is 14.0. The number of aromatic nitrogens is 4. The van der Waals surface area contributed by atoms with E-state index in [4.69, 9.17) is 11.6 Å². The van der Waals surface area contributed by atoms with Crippen molar-refractivity contribution in [2.75, 3.05) is 6.54 Å². The molecule has 0 fully saturated rings. The first kappa shape index (κ1) is 15.6. The summed E-state index contributed by atoms with van der Waals surface area (Å²) in [6.45, 7) is 3.07. The highest BCUT2D eigenvalue weighted by atomic mass is 35.5. The molecule has 0 saturated carbocycles. The summed E-state index contributed by atoms with van der Waals surface area (Å²) in [5.41, 5.74) is 1.22. The van der Waals surface area contributed by atoms with Gasteiger partial charge in [0.1, 0.15) is 6.33 Å². The summed E-state index contributed by atoms with van der Waals surface area (Å²) in [5.74, 6) is -0.0666. The van der Waals surface area contributed by atoms with Crippen molar-refractivity contribution in [3.05, 3.63) is 57.5 Å². The summed E-state index contributed by atoms with van der Waals surface area (Å²) in [5, 5.41) is 11.1. The molecule has 0 N–H and O–H groups in total. The highest BCUT2D eigenvalue weighted by Gasteiger charge is 2.19. The van der Waals surface area contributed by atoms with Gasteiger partial charge < -0.3 is 4.90 Å². The van der Waals surface area contributed by atoms with E-state index in [1.807, 2.05) is 37.3 Å². The molecule has 0 unspecified atom stereocenters. The van der Waals surface area contributed by atoms with E-state index in [0.29, 0.717) is 24.3 Å². The first-order chi connectivity index (χ1) is 11.2. The molecule has 0 saturated heterocycles. The minimum absolute atomic E-state index is 0.0666. The molecule has 0 bridgehead atoms. The molecule has 0 atom stereocenters. The van der Waals surface area contributed by atoms with E-state index in [1.165, 1.54) is 22.3 Å². The number of benzene rings is 1. The molecule has 23 heavy (non-hydrogen) atoms. The lowest BCUT2D eigenvalue weighted by atomic mass is 10.1. The van der Waals surface area contributed by atoms with Crippen molar-refractivity contribution in [2.45, 2.75) is 13.5 Å². The number of hydrogen-bond donors (Lipinski definition) is 0. The van der Waals surface area contributed by atoms with Gasteiger partial charge in [0, 0.05) is 11.4 Å². The van der Waals surface area contributed by atoms with Gasteiger partial charge in [-0.25, -0.2) is 0 Å². The second kappa shape index (κ2) is 6.89. The van der Waals surface area contributed by atoms with Crippen LogP contribution in [0.5, 0.6) is 0 Å². The molecule has 0 aliphatic rings. The summed E-state index contributed by atoms with van der Waals surface area (Å²) < 4.78 is 2.21. The number of carbonyl (C=O) groups is 1. The van der Waals surface area contributed by atoms with E-state index in [2.05, 4.69) is 15.5 Å². The average molecular weight is 348 g/mol. The van der Waals surface area contributed by atoms with E-state index >= 15 is 0 Å². The van der Waals surface area contributed by atoms with Gasteiger partial charge in [0.15, 0.2) is 0 Å². The Balaban J connectivity index is 1.89. The van der Waals surface area contributed by atoms with Gasteiger partial charge in [-0.15, -0.1) is 16.4 Å².